The maximum Gasteiger partial charge on any atom is 0.104 e. The second kappa shape index (κ2) is 5.41. The summed E-state index contributed by atoms with van der Waals surface area (Å²) in [6.07, 6.45) is 0.550. The fourth-order valence-electron chi connectivity index (χ4n) is 2.21. The fraction of sp³-hybridized carbons (Fsp3) is 0.467. The fourth-order valence-corrected chi connectivity index (χ4v) is 2.21. The average Bonchev–Trinajstić information content (AvgIpc) is 2.73. The topological polar surface area (TPSA) is 64.5 Å². The van der Waals surface area contributed by atoms with Gasteiger partial charge in [0.25, 0.3) is 0 Å². The summed E-state index contributed by atoms with van der Waals surface area (Å²) < 4.78 is 0. The first-order chi connectivity index (χ1) is 9.03. The number of fused-ring (bicyclic) bond motifs is 1. The van der Waals surface area contributed by atoms with Crippen LogP contribution < -0.4 is 5.32 Å². The summed E-state index contributed by atoms with van der Waals surface area (Å²) in [5, 5.41) is 11.9. The van der Waals surface area contributed by atoms with Crippen molar-refractivity contribution < 1.29 is 0 Å². The van der Waals surface area contributed by atoms with Crippen LogP contribution in [0.25, 0.3) is 11.0 Å². The lowest BCUT2D eigenvalue weighted by Crippen LogP contribution is -2.33. The molecule has 2 aromatic rings. The maximum atomic E-state index is 8.53. The maximum absolute atomic E-state index is 8.53. The summed E-state index contributed by atoms with van der Waals surface area (Å²) in [4.78, 5) is 7.69. The lowest BCUT2D eigenvalue weighted by molar-refractivity contribution is 0.473. The molecule has 0 saturated carbocycles. The Balaban J connectivity index is 2.15. The van der Waals surface area contributed by atoms with Crippen molar-refractivity contribution in [1.29, 1.82) is 5.26 Å². The minimum atomic E-state index is 0.0304. The molecule has 1 aromatic carbocycles. The normalized spacial score (nSPS) is 11.7. The molecule has 2 rings (SSSR count). The number of rotatable bonds is 5. The molecule has 0 fully saturated rings. The van der Waals surface area contributed by atoms with Gasteiger partial charge in [0.1, 0.15) is 5.82 Å². The second-order valence-electron chi connectivity index (χ2n) is 5.52. The van der Waals surface area contributed by atoms with E-state index in [4.69, 9.17) is 5.26 Å². The van der Waals surface area contributed by atoms with Crippen LogP contribution in [-0.4, -0.2) is 23.1 Å². The quantitative estimate of drug-likeness (QED) is 0.808. The van der Waals surface area contributed by atoms with Crippen molar-refractivity contribution >= 4 is 11.0 Å². The third-order valence-corrected chi connectivity index (χ3v) is 3.36. The highest BCUT2D eigenvalue weighted by molar-refractivity contribution is 5.76. The molecule has 0 aliphatic rings. The molecule has 0 aliphatic heterocycles. The Bertz CT molecular complexity index is 604. The van der Waals surface area contributed by atoms with E-state index in [0.717, 1.165) is 29.9 Å². The van der Waals surface area contributed by atoms with Gasteiger partial charge < -0.3 is 10.3 Å². The molecule has 0 saturated heterocycles. The van der Waals surface area contributed by atoms with E-state index < -0.39 is 0 Å². The Morgan fingerprint density at radius 2 is 2.21 bits per heavy atom. The van der Waals surface area contributed by atoms with E-state index in [9.17, 15) is 0 Å². The smallest absolute Gasteiger partial charge is 0.104 e. The van der Waals surface area contributed by atoms with Crippen molar-refractivity contribution in [1.82, 2.24) is 15.3 Å². The van der Waals surface area contributed by atoms with E-state index in [1.807, 2.05) is 6.92 Å². The molecule has 0 radical (unpaired) electrons. The summed E-state index contributed by atoms with van der Waals surface area (Å²) in [6, 6.07) is 8.51. The number of hydrogen-bond donors (Lipinski definition) is 2. The molecule has 1 aromatic heterocycles. The van der Waals surface area contributed by atoms with Gasteiger partial charge in [-0.15, -0.1) is 0 Å². The first-order valence-electron chi connectivity index (χ1n) is 6.57. The number of nitrogens with one attached hydrogen (secondary N) is 2. The molecule has 4 heteroatoms. The average molecular weight is 256 g/mol. The molecule has 0 spiro atoms. The largest absolute Gasteiger partial charge is 0.342 e. The van der Waals surface area contributed by atoms with Gasteiger partial charge in [0, 0.05) is 24.9 Å². The van der Waals surface area contributed by atoms with Crippen molar-refractivity contribution in [3.05, 3.63) is 29.6 Å². The number of aryl methyl sites for hydroxylation is 1. The number of aromatic nitrogens is 2. The van der Waals surface area contributed by atoms with Gasteiger partial charge in [-0.25, -0.2) is 4.98 Å². The molecule has 0 unspecified atom stereocenters. The third kappa shape index (κ3) is 3.12. The van der Waals surface area contributed by atoms with E-state index in [1.54, 1.807) is 0 Å². The van der Waals surface area contributed by atoms with Crippen LogP contribution in [0.4, 0.5) is 0 Å². The Labute approximate surface area is 113 Å². The lowest BCUT2D eigenvalue weighted by atomic mass is 9.84. The van der Waals surface area contributed by atoms with Crippen LogP contribution in [-0.2, 0) is 5.41 Å². The Kier molecular flexibility index (Phi) is 3.87. The van der Waals surface area contributed by atoms with Crippen LogP contribution in [0, 0.1) is 18.3 Å². The number of hydrogen-bond acceptors (Lipinski definition) is 3. The zero-order valence-electron chi connectivity index (χ0n) is 11.7. The Hall–Kier alpha value is -1.86. The molecule has 19 heavy (non-hydrogen) atoms. The van der Waals surface area contributed by atoms with Crippen molar-refractivity contribution in [3.63, 3.8) is 0 Å². The molecular weight excluding hydrogens is 236 g/mol. The van der Waals surface area contributed by atoms with Gasteiger partial charge in [-0.3, -0.25) is 0 Å². The minimum Gasteiger partial charge on any atom is -0.342 e. The number of imidazole rings is 1. The zero-order valence-corrected chi connectivity index (χ0v) is 11.7. The van der Waals surface area contributed by atoms with Crippen LogP contribution in [0.1, 0.15) is 31.7 Å². The van der Waals surface area contributed by atoms with Crippen LogP contribution in [0.15, 0.2) is 18.2 Å². The van der Waals surface area contributed by atoms with Crippen LogP contribution in [0.2, 0.25) is 0 Å². The van der Waals surface area contributed by atoms with Crippen LogP contribution in [0.3, 0.4) is 0 Å². The SMILES string of the molecule is Cc1nc2ccc(C(C)(C)CNCCC#N)cc2[nH]1. The van der Waals surface area contributed by atoms with E-state index in [2.05, 4.69) is 53.4 Å². The molecule has 2 N–H and O–H groups in total. The van der Waals surface area contributed by atoms with Gasteiger partial charge in [0.15, 0.2) is 0 Å². The Morgan fingerprint density at radius 1 is 1.42 bits per heavy atom. The minimum absolute atomic E-state index is 0.0304. The molecule has 4 nitrogen and oxygen atoms in total. The predicted molar refractivity (Wildman–Crippen MR) is 77.0 cm³/mol. The molecule has 0 amide bonds. The summed E-state index contributed by atoms with van der Waals surface area (Å²) >= 11 is 0. The predicted octanol–water partition coefficient (Wildman–Crippen LogP) is 2.65. The van der Waals surface area contributed by atoms with Crippen LogP contribution in [0.5, 0.6) is 0 Å². The number of aromatic amines is 1. The number of benzene rings is 1. The molecule has 100 valence electrons. The van der Waals surface area contributed by atoms with Gasteiger partial charge in [0.05, 0.1) is 17.1 Å². The molecule has 0 bridgehead atoms. The van der Waals surface area contributed by atoms with Gasteiger partial charge in [-0.1, -0.05) is 19.9 Å². The third-order valence-electron chi connectivity index (χ3n) is 3.36. The van der Waals surface area contributed by atoms with Crippen molar-refractivity contribution in [2.24, 2.45) is 0 Å². The van der Waals surface area contributed by atoms with Crippen molar-refractivity contribution in [2.75, 3.05) is 13.1 Å². The molecule has 0 aliphatic carbocycles. The molecule has 0 atom stereocenters. The summed E-state index contributed by atoms with van der Waals surface area (Å²) in [6.45, 7) is 7.97. The molecular formula is C15H20N4. The zero-order chi connectivity index (χ0) is 13.9. The van der Waals surface area contributed by atoms with E-state index in [-0.39, 0.29) is 5.41 Å². The first-order valence-corrected chi connectivity index (χ1v) is 6.57. The highest BCUT2D eigenvalue weighted by Gasteiger charge is 2.20. The monoisotopic (exact) mass is 256 g/mol. The Morgan fingerprint density at radius 3 is 2.95 bits per heavy atom. The van der Waals surface area contributed by atoms with Crippen molar-refractivity contribution in [2.45, 2.75) is 32.6 Å². The second-order valence-corrected chi connectivity index (χ2v) is 5.52. The summed E-state index contributed by atoms with van der Waals surface area (Å²) in [5.74, 6) is 0.942. The number of H-pyrrole nitrogens is 1. The van der Waals surface area contributed by atoms with E-state index in [1.165, 1.54) is 5.56 Å². The lowest BCUT2D eigenvalue weighted by Gasteiger charge is -2.25. The summed E-state index contributed by atoms with van der Waals surface area (Å²) in [7, 11) is 0. The van der Waals surface area contributed by atoms with Gasteiger partial charge in [-0.2, -0.15) is 5.26 Å². The first kappa shape index (κ1) is 13.6. The van der Waals surface area contributed by atoms with E-state index >= 15 is 0 Å². The highest BCUT2D eigenvalue weighted by atomic mass is 14.9. The van der Waals surface area contributed by atoms with Crippen molar-refractivity contribution in [3.8, 4) is 6.07 Å². The van der Waals surface area contributed by atoms with Gasteiger partial charge >= 0.3 is 0 Å². The highest BCUT2D eigenvalue weighted by Crippen LogP contribution is 2.25. The summed E-state index contributed by atoms with van der Waals surface area (Å²) in [5.41, 5.74) is 3.39. The number of nitrogens with zero attached hydrogens (tertiary/aromatic N) is 2. The van der Waals surface area contributed by atoms with Crippen LogP contribution >= 0.6 is 0 Å². The van der Waals surface area contributed by atoms with Gasteiger partial charge in [0.2, 0.25) is 0 Å². The van der Waals surface area contributed by atoms with Gasteiger partial charge in [-0.05, 0) is 24.6 Å². The number of nitriles is 1. The standard InChI is InChI=1S/C15H20N4/c1-11-18-13-6-5-12(9-14(13)19-11)15(2,3)10-17-8-4-7-16/h5-6,9,17H,4,8,10H2,1-3H3,(H,18,19). The van der Waals surface area contributed by atoms with E-state index in [0.29, 0.717) is 6.42 Å². The molecule has 1 heterocycles.